The number of hydrogen-bond donors (Lipinski definition) is 1. The number of amides is 1. The van der Waals surface area contributed by atoms with Gasteiger partial charge >= 0.3 is 0 Å². The number of aromatic amines is 1. The quantitative estimate of drug-likeness (QED) is 0.803. The molecule has 2 heterocycles. The van der Waals surface area contributed by atoms with Crippen molar-refractivity contribution in [2.24, 2.45) is 0 Å². The van der Waals surface area contributed by atoms with E-state index in [-0.39, 0.29) is 5.91 Å². The maximum atomic E-state index is 12.6. The topological polar surface area (TPSA) is 62.1 Å². The van der Waals surface area contributed by atoms with Gasteiger partial charge in [-0.05, 0) is 19.9 Å². The third-order valence-electron chi connectivity index (χ3n) is 3.74. The zero-order valence-electron chi connectivity index (χ0n) is 12.3. The first-order valence-corrected chi connectivity index (χ1v) is 6.81. The number of carbonyl (C=O) groups is 1. The standard InChI is InChI=1S/C16H17N3O2/c1-10-14(11(2)21-18-10)9-19(3)16(20)13-8-17-15-7-5-4-6-12(13)15/h4-8,17H,9H2,1-3H3. The van der Waals surface area contributed by atoms with Gasteiger partial charge in [0.05, 0.1) is 17.8 Å². The largest absolute Gasteiger partial charge is 0.361 e. The molecule has 2 aromatic heterocycles. The molecule has 5 nitrogen and oxygen atoms in total. The van der Waals surface area contributed by atoms with Crippen LogP contribution in [0.15, 0.2) is 35.0 Å². The molecule has 0 unspecified atom stereocenters. The molecule has 1 N–H and O–H groups in total. The molecule has 1 amide bonds. The van der Waals surface area contributed by atoms with Crippen LogP contribution in [0.3, 0.4) is 0 Å². The van der Waals surface area contributed by atoms with Crippen LogP contribution in [0, 0.1) is 13.8 Å². The Balaban J connectivity index is 1.88. The van der Waals surface area contributed by atoms with Gasteiger partial charge in [-0.15, -0.1) is 0 Å². The van der Waals surface area contributed by atoms with Crippen LogP contribution in [0.2, 0.25) is 0 Å². The lowest BCUT2D eigenvalue weighted by Crippen LogP contribution is -2.26. The number of aromatic nitrogens is 2. The number of aryl methyl sites for hydroxylation is 2. The Kier molecular flexibility index (Phi) is 3.25. The number of para-hydroxylation sites is 1. The van der Waals surface area contributed by atoms with Crippen molar-refractivity contribution in [1.82, 2.24) is 15.0 Å². The van der Waals surface area contributed by atoms with E-state index in [0.717, 1.165) is 27.9 Å². The fourth-order valence-electron chi connectivity index (χ4n) is 2.49. The van der Waals surface area contributed by atoms with Gasteiger partial charge in [-0.1, -0.05) is 23.4 Å². The van der Waals surface area contributed by atoms with Crippen LogP contribution in [0.1, 0.15) is 27.4 Å². The minimum Gasteiger partial charge on any atom is -0.361 e. The molecule has 0 saturated heterocycles. The average molecular weight is 283 g/mol. The molecular weight excluding hydrogens is 266 g/mol. The first kappa shape index (κ1) is 13.4. The lowest BCUT2D eigenvalue weighted by Gasteiger charge is -2.16. The van der Waals surface area contributed by atoms with E-state index in [2.05, 4.69) is 10.1 Å². The summed E-state index contributed by atoms with van der Waals surface area (Å²) in [5.41, 5.74) is 3.43. The van der Waals surface area contributed by atoms with Crippen LogP contribution in [-0.4, -0.2) is 28.0 Å². The molecule has 108 valence electrons. The fraction of sp³-hybridized carbons (Fsp3) is 0.250. The molecule has 0 atom stereocenters. The van der Waals surface area contributed by atoms with Crippen molar-refractivity contribution in [1.29, 1.82) is 0 Å². The predicted octanol–water partition coefficient (Wildman–Crippen LogP) is 3.04. The van der Waals surface area contributed by atoms with Crippen LogP contribution in [0.5, 0.6) is 0 Å². The van der Waals surface area contributed by atoms with Crippen LogP contribution in [0.4, 0.5) is 0 Å². The first-order valence-electron chi connectivity index (χ1n) is 6.81. The minimum absolute atomic E-state index is 0.0209. The van der Waals surface area contributed by atoms with Crippen LogP contribution < -0.4 is 0 Å². The highest BCUT2D eigenvalue weighted by Gasteiger charge is 2.19. The second-order valence-electron chi connectivity index (χ2n) is 5.21. The van der Waals surface area contributed by atoms with E-state index in [4.69, 9.17) is 4.52 Å². The van der Waals surface area contributed by atoms with E-state index >= 15 is 0 Å². The summed E-state index contributed by atoms with van der Waals surface area (Å²) in [7, 11) is 1.79. The van der Waals surface area contributed by atoms with Gasteiger partial charge in [0.25, 0.3) is 5.91 Å². The van der Waals surface area contributed by atoms with Gasteiger partial charge in [-0.25, -0.2) is 0 Å². The normalized spacial score (nSPS) is 11.0. The maximum Gasteiger partial charge on any atom is 0.256 e. The second kappa shape index (κ2) is 5.09. The molecule has 0 aliphatic carbocycles. The highest BCUT2D eigenvalue weighted by Crippen LogP contribution is 2.21. The highest BCUT2D eigenvalue weighted by molar-refractivity contribution is 6.06. The molecule has 5 heteroatoms. The minimum atomic E-state index is -0.0209. The summed E-state index contributed by atoms with van der Waals surface area (Å²) in [6, 6.07) is 7.78. The lowest BCUT2D eigenvalue weighted by atomic mass is 10.1. The van der Waals surface area contributed by atoms with Crippen molar-refractivity contribution in [2.75, 3.05) is 7.05 Å². The average Bonchev–Trinajstić information content (AvgIpc) is 3.05. The molecule has 0 fully saturated rings. The lowest BCUT2D eigenvalue weighted by molar-refractivity contribution is 0.0786. The summed E-state index contributed by atoms with van der Waals surface area (Å²) < 4.78 is 5.14. The molecular formula is C16H17N3O2. The molecule has 21 heavy (non-hydrogen) atoms. The Bertz CT molecular complexity index is 781. The summed E-state index contributed by atoms with van der Waals surface area (Å²) in [4.78, 5) is 17.4. The molecule has 0 spiro atoms. The van der Waals surface area contributed by atoms with E-state index < -0.39 is 0 Å². The number of fused-ring (bicyclic) bond motifs is 1. The van der Waals surface area contributed by atoms with Gasteiger partial charge in [0.15, 0.2) is 0 Å². The van der Waals surface area contributed by atoms with E-state index in [9.17, 15) is 4.79 Å². The number of nitrogens with zero attached hydrogens (tertiary/aromatic N) is 2. The number of rotatable bonds is 3. The van der Waals surface area contributed by atoms with Crippen molar-refractivity contribution in [3.05, 3.63) is 53.0 Å². The Labute approximate surface area is 122 Å². The van der Waals surface area contributed by atoms with Crippen molar-refractivity contribution < 1.29 is 9.32 Å². The van der Waals surface area contributed by atoms with E-state index in [1.165, 1.54) is 0 Å². The fourth-order valence-corrected chi connectivity index (χ4v) is 2.49. The van der Waals surface area contributed by atoms with E-state index in [1.807, 2.05) is 38.1 Å². The molecule has 0 radical (unpaired) electrons. The van der Waals surface area contributed by atoms with Gasteiger partial charge in [0.1, 0.15) is 5.76 Å². The number of carbonyl (C=O) groups excluding carboxylic acids is 1. The van der Waals surface area contributed by atoms with Crippen molar-refractivity contribution in [3.63, 3.8) is 0 Å². The van der Waals surface area contributed by atoms with Crippen molar-refractivity contribution in [2.45, 2.75) is 20.4 Å². The SMILES string of the molecule is Cc1noc(C)c1CN(C)C(=O)c1c[nH]c2ccccc12. The zero-order chi connectivity index (χ0) is 15.0. The molecule has 3 rings (SSSR count). The smallest absolute Gasteiger partial charge is 0.256 e. The summed E-state index contributed by atoms with van der Waals surface area (Å²) in [6.45, 7) is 4.23. The van der Waals surface area contributed by atoms with E-state index in [1.54, 1.807) is 18.1 Å². The summed E-state index contributed by atoms with van der Waals surface area (Å²) >= 11 is 0. The number of H-pyrrole nitrogens is 1. The Morgan fingerprint density at radius 2 is 2.10 bits per heavy atom. The summed E-state index contributed by atoms with van der Waals surface area (Å²) in [6.07, 6.45) is 1.76. The summed E-state index contributed by atoms with van der Waals surface area (Å²) in [5.74, 6) is 0.735. The van der Waals surface area contributed by atoms with Crippen LogP contribution in [0.25, 0.3) is 10.9 Å². The van der Waals surface area contributed by atoms with E-state index in [0.29, 0.717) is 12.1 Å². The molecule has 0 aliphatic rings. The van der Waals surface area contributed by atoms with Gasteiger partial charge < -0.3 is 14.4 Å². The van der Waals surface area contributed by atoms with Gasteiger partial charge in [0.2, 0.25) is 0 Å². The Morgan fingerprint density at radius 3 is 2.81 bits per heavy atom. The van der Waals surface area contributed by atoms with Crippen molar-refractivity contribution >= 4 is 16.8 Å². The van der Waals surface area contributed by atoms with Crippen LogP contribution >= 0.6 is 0 Å². The van der Waals surface area contributed by atoms with Gasteiger partial charge in [-0.3, -0.25) is 4.79 Å². The second-order valence-corrected chi connectivity index (χ2v) is 5.21. The number of hydrogen-bond acceptors (Lipinski definition) is 3. The Morgan fingerprint density at radius 1 is 1.33 bits per heavy atom. The Hall–Kier alpha value is -2.56. The zero-order valence-corrected chi connectivity index (χ0v) is 12.3. The summed E-state index contributed by atoms with van der Waals surface area (Å²) in [5, 5.41) is 4.86. The molecule has 0 bridgehead atoms. The van der Waals surface area contributed by atoms with Gasteiger partial charge in [0, 0.05) is 29.7 Å². The molecule has 1 aromatic carbocycles. The molecule has 0 aliphatic heterocycles. The van der Waals surface area contributed by atoms with Gasteiger partial charge in [-0.2, -0.15) is 0 Å². The first-order chi connectivity index (χ1) is 10.1. The third-order valence-corrected chi connectivity index (χ3v) is 3.74. The predicted molar refractivity (Wildman–Crippen MR) is 80.1 cm³/mol. The van der Waals surface area contributed by atoms with Crippen molar-refractivity contribution in [3.8, 4) is 0 Å². The molecule has 3 aromatic rings. The maximum absolute atomic E-state index is 12.6. The molecule has 0 saturated carbocycles. The highest BCUT2D eigenvalue weighted by atomic mass is 16.5. The van der Waals surface area contributed by atoms with Crippen LogP contribution in [-0.2, 0) is 6.54 Å². The number of benzene rings is 1. The monoisotopic (exact) mass is 283 g/mol. The number of nitrogens with one attached hydrogen (secondary N) is 1. The third kappa shape index (κ3) is 2.31.